The summed E-state index contributed by atoms with van der Waals surface area (Å²) < 4.78 is 9.19. The van der Waals surface area contributed by atoms with E-state index in [2.05, 4.69) is 26.0 Å². The van der Waals surface area contributed by atoms with Crippen LogP contribution >= 0.6 is 0 Å². The van der Waals surface area contributed by atoms with Crippen molar-refractivity contribution in [2.24, 2.45) is 13.0 Å². The minimum atomic E-state index is 0.401. The van der Waals surface area contributed by atoms with Crippen LogP contribution in [0.15, 0.2) is 30.7 Å². The van der Waals surface area contributed by atoms with Crippen molar-refractivity contribution in [1.29, 1.82) is 0 Å². The first-order chi connectivity index (χ1) is 12.5. The number of nitrogens with zero attached hydrogens (tertiary/aromatic N) is 6. The van der Waals surface area contributed by atoms with Crippen molar-refractivity contribution in [3.05, 3.63) is 36.4 Å². The molecule has 26 heavy (non-hydrogen) atoms. The predicted molar refractivity (Wildman–Crippen MR) is 100.0 cm³/mol. The summed E-state index contributed by atoms with van der Waals surface area (Å²) in [5.41, 5.74) is 8.77. The number of imidazole rings is 1. The molecule has 8 heteroatoms. The summed E-state index contributed by atoms with van der Waals surface area (Å²) in [6.07, 6.45) is 6.24. The van der Waals surface area contributed by atoms with Gasteiger partial charge in [0.25, 0.3) is 5.95 Å². The Hall–Kier alpha value is -3.03. The number of benzene rings is 1. The number of aryl methyl sites for hydroxylation is 2. The molecule has 3 aromatic rings. The van der Waals surface area contributed by atoms with Crippen molar-refractivity contribution >= 4 is 17.6 Å². The molecule has 4 rings (SSSR count). The quantitative estimate of drug-likeness (QED) is 0.732. The molecular formula is C18H23N7O. The summed E-state index contributed by atoms with van der Waals surface area (Å²) in [6.45, 7) is 2.84. The summed E-state index contributed by atoms with van der Waals surface area (Å²) in [5, 5.41) is 4.46. The maximum atomic E-state index is 5.89. The van der Waals surface area contributed by atoms with Crippen LogP contribution in [0.2, 0.25) is 0 Å². The van der Waals surface area contributed by atoms with E-state index in [1.165, 1.54) is 12.8 Å². The number of hydrogen-bond acceptors (Lipinski definition) is 6. The SMILES string of the molecule is COc1cc(N(CC2CC2)c2nc(N)n(C)n2)ccc1-n1cnc(C)c1. The number of aromatic nitrogens is 5. The molecular weight excluding hydrogens is 330 g/mol. The monoisotopic (exact) mass is 353 g/mol. The van der Waals surface area contributed by atoms with Gasteiger partial charge in [0, 0.05) is 31.5 Å². The summed E-state index contributed by atoms with van der Waals surface area (Å²) in [5.74, 6) is 2.45. The Morgan fingerprint density at radius 2 is 2.15 bits per heavy atom. The smallest absolute Gasteiger partial charge is 0.251 e. The summed E-state index contributed by atoms with van der Waals surface area (Å²) >= 11 is 0. The highest BCUT2D eigenvalue weighted by Crippen LogP contribution is 2.36. The fraction of sp³-hybridized carbons (Fsp3) is 0.389. The van der Waals surface area contributed by atoms with Gasteiger partial charge in [-0.15, -0.1) is 5.10 Å². The highest BCUT2D eigenvalue weighted by Gasteiger charge is 2.28. The van der Waals surface area contributed by atoms with Gasteiger partial charge in [0.05, 0.1) is 24.8 Å². The maximum Gasteiger partial charge on any atom is 0.251 e. The third-order valence-corrected chi connectivity index (χ3v) is 4.63. The molecule has 1 saturated carbocycles. The number of nitrogen functional groups attached to an aromatic ring is 1. The van der Waals surface area contributed by atoms with Gasteiger partial charge in [0.15, 0.2) is 0 Å². The second-order valence-electron chi connectivity index (χ2n) is 6.73. The van der Waals surface area contributed by atoms with E-state index < -0.39 is 0 Å². The van der Waals surface area contributed by atoms with Crippen molar-refractivity contribution in [2.75, 3.05) is 24.3 Å². The van der Waals surface area contributed by atoms with Crippen molar-refractivity contribution in [2.45, 2.75) is 19.8 Å². The zero-order valence-corrected chi connectivity index (χ0v) is 15.3. The first-order valence-electron chi connectivity index (χ1n) is 8.68. The van der Waals surface area contributed by atoms with E-state index in [0.29, 0.717) is 17.8 Å². The van der Waals surface area contributed by atoms with Gasteiger partial charge in [-0.2, -0.15) is 4.98 Å². The molecule has 1 aliphatic carbocycles. The van der Waals surface area contributed by atoms with E-state index >= 15 is 0 Å². The molecule has 2 aromatic heterocycles. The van der Waals surface area contributed by atoms with Crippen molar-refractivity contribution in [3.8, 4) is 11.4 Å². The predicted octanol–water partition coefficient (Wildman–Crippen LogP) is 2.45. The fourth-order valence-corrected chi connectivity index (χ4v) is 2.96. The standard InChI is InChI=1S/C18H23N7O/c1-12-9-24(11-20-12)15-7-6-14(8-16(15)26-3)25(10-13-4-5-13)18-21-17(19)23(2)22-18/h6-9,11,13H,4-5,10H2,1-3H3,(H2,19,21,22). The van der Waals surface area contributed by atoms with Gasteiger partial charge in [-0.05, 0) is 37.8 Å². The van der Waals surface area contributed by atoms with E-state index in [-0.39, 0.29) is 0 Å². The maximum absolute atomic E-state index is 5.89. The van der Waals surface area contributed by atoms with Crippen molar-refractivity contribution < 1.29 is 4.74 Å². The van der Waals surface area contributed by atoms with Gasteiger partial charge in [-0.25, -0.2) is 9.67 Å². The van der Waals surface area contributed by atoms with Gasteiger partial charge in [-0.1, -0.05) is 0 Å². The molecule has 2 N–H and O–H groups in total. The Kier molecular flexibility index (Phi) is 4.02. The van der Waals surface area contributed by atoms with Crippen LogP contribution in [-0.4, -0.2) is 38.0 Å². The molecule has 0 aliphatic heterocycles. The normalized spacial score (nSPS) is 13.8. The Balaban J connectivity index is 1.73. The Morgan fingerprint density at radius 3 is 2.73 bits per heavy atom. The topological polar surface area (TPSA) is 87.0 Å². The molecule has 0 spiro atoms. The molecule has 8 nitrogen and oxygen atoms in total. The third kappa shape index (κ3) is 3.10. The van der Waals surface area contributed by atoms with Gasteiger partial charge >= 0.3 is 0 Å². The molecule has 0 unspecified atom stereocenters. The number of ether oxygens (including phenoxy) is 1. The molecule has 1 fully saturated rings. The molecule has 1 aliphatic rings. The van der Waals surface area contributed by atoms with E-state index in [9.17, 15) is 0 Å². The Morgan fingerprint density at radius 1 is 1.35 bits per heavy atom. The van der Waals surface area contributed by atoms with Crippen LogP contribution in [0.4, 0.5) is 17.6 Å². The second kappa shape index (κ2) is 6.36. The van der Waals surface area contributed by atoms with Crippen LogP contribution in [0.3, 0.4) is 0 Å². The van der Waals surface area contributed by atoms with Crippen LogP contribution in [-0.2, 0) is 7.05 Å². The lowest BCUT2D eigenvalue weighted by atomic mass is 10.2. The Bertz CT molecular complexity index is 906. The van der Waals surface area contributed by atoms with Crippen LogP contribution in [0.5, 0.6) is 5.75 Å². The van der Waals surface area contributed by atoms with E-state index in [1.54, 1.807) is 25.2 Å². The highest BCUT2D eigenvalue weighted by atomic mass is 16.5. The lowest BCUT2D eigenvalue weighted by Gasteiger charge is -2.22. The number of methoxy groups -OCH3 is 1. The van der Waals surface area contributed by atoms with Crippen LogP contribution < -0.4 is 15.4 Å². The van der Waals surface area contributed by atoms with Crippen LogP contribution in [0, 0.1) is 12.8 Å². The molecule has 136 valence electrons. The largest absolute Gasteiger partial charge is 0.494 e. The van der Waals surface area contributed by atoms with Gasteiger partial charge < -0.3 is 19.9 Å². The van der Waals surface area contributed by atoms with Gasteiger partial charge in [0.2, 0.25) is 5.95 Å². The van der Waals surface area contributed by atoms with Crippen molar-refractivity contribution in [1.82, 2.24) is 24.3 Å². The molecule has 0 amide bonds. The lowest BCUT2D eigenvalue weighted by molar-refractivity contribution is 0.413. The van der Waals surface area contributed by atoms with E-state index in [0.717, 1.165) is 29.4 Å². The minimum absolute atomic E-state index is 0.401. The molecule has 0 bridgehead atoms. The fourth-order valence-electron chi connectivity index (χ4n) is 2.96. The third-order valence-electron chi connectivity index (χ3n) is 4.63. The summed E-state index contributed by atoms with van der Waals surface area (Å²) in [4.78, 5) is 10.8. The van der Waals surface area contributed by atoms with E-state index in [4.69, 9.17) is 10.5 Å². The first-order valence-corrected chi connectivity index (χ1v) is 8.68. The lowest BCUT2D eigenvalue weighted by Crippen LogP contribution is -2.21. The minimum Gasteiger partial charge on any atom is -0.494 e. The molecule has 0 saturated heterocycles. The molecule has 1 aromatic carbocycles. The van der Waals surface area contributed by atoms with Gasteiger partial charge in [0.1, 0.15) is 5.75 Å². The highest BCUT2D eigenvalue weighted by molar-refractivity contribution is 5.64. The summed E-state index contributed by atoms with van der Waals surface area (Å²) in [6, 6.07) is 6.10. The molecule has 0 radical (unpaired) electrons. The molecule has 2 heterocycles. The Labute approximate surface area is 152 Å². The number of rotatable bonds is 6. The number of nitrogens with two attached hydrogens (primary N) is 1. The van der Waals surface area contributed by atoms with E-state index in [1.807, 2.05) is 29.8 Å². The average Bonchev–Trinajstić information content (AvgIpc) is 3.27. The number of anilines is 3. The molecule has 0 atom stereocenters. The van der Waals surface area contributed by atoms with Crippen LogP contribution in [0.25, 0.3) is 5.69 Å². The summed E-state index contributed by atoms with van der Waals surface area (Å²) in [7, 11) is 3.47. The zero-order valence-electron chi connectivity index (χ0n) is 15.3. The first kappa shape index (κ1) is 16.4. The number of hydrogen-bond donors (Lipinski definition) is 1. The zero-order chi connectivity index (χ0) is 18.3. The second-order valence-corrected chi connectivity index (χ2v) is 6.73. The van der Waals surface area contributed by atoms with Crippen LogP contribution in [0.1, 0.15) is 18.5 Å². The van der Waals surface area contributed by atoms with Gasteiger partial charge in [-0.3, -0.25) is 0 Å². The van der Waals surface area contributed by atoms with Crippen molar-refractivity contribution in [3.63, 3.8) is 0 Å². The average molecular weight is 353 g/mol.